The van der Waals surface area contributed by atoms with E-state index in [1.165, 1.54) is 0 Å². The van der Waals surface area contributed by atoms with Gasteiger partial charge in [0.2, 0.25) is 0 Å². The first-order valence-electron chi connectivity index (χ1n) is 10.1. The van der Waals surface area contributed by atoms with Gasteiger partial charge in [-0.25, -0.2) is 0 Å². The lowest BCUT2D eigenvalue weighted by Crippen LogP contribution is -2.37. The monoisotopic (exact) mass is 416 g/mol. The Bertz CT molecular complexity index is 964. The van der Waals surface area contributed by atoms with Crippen LogP contribution in [0.4, 0.5) is 5.69 Å². The van der Waals surface area contributed by atoms with Gasteiger partial charge in [0.1, 0.15) is 0 Å². The molecule has 2 aromatic rings. The van der Waals surface area contributed by atoms with E-state index in [1.807, 2.05) is 32.9 Å². The first-order chi connectivity index (χ1) is 13.8. The Morgan fingerprint density at radius 3 is 2.66 bits per heavy atom. The molecule has 1 aliphatic heterocycles. The quantitative estimate of drug-likeness (QED) is 0.676. The zero-order chi connectivity index (χ0) is 21.1. The number of carbonyl (C=O) groups excluding carboxylic acids is 1. The summed E-state index contributed by atoms with van der Waals surface area (Å²) in [5.74, 6) is -0.230. The van der Waals surface area contributed by atoms with Crippen molar-refractivity contribution in [3.05, 3.63) is 61.5 Å². The molecule has 1 saturated heterocycles. The molecule has 1 aromatic heterocycles. The normalized spacial score (nSPS) is 16.1. The minimum atomic E-state index is -0.230. The molecule has 6 nitrogen and oxygen atoms in total. The van der Waals surface area contributed by atoms with Crippen molar-refractivity contribution in [1.82, 2.24) is 15.6 Å². The molecule has 1 aromatic carbocycles. The van der Waals surface area contributed by atoms with Gasteiger partial charge in [0.15, 0.2) is 0 Å². The van der Waals surface area contributed by atoms with Crippen LogP contribution in [0.1, 0.15) is 46.1 Å². The average molecular weight is 417 g/mol. The van der Waals surface area contributed by atoms with Gasteiger partial charge in [0, 0.05) is 53.2 Å². The summed E-state index contributed by atoms with van der Waals surface area (Å²) in [7, 11) is 0. The van der Waals surface area contributed by atoms with Crippen LogP contribution in [0.15, 0.2) is 23.0 Å². The number of hydrogen-bond donors (Lipinski definition) is 3. The summed E-state index contributed by atoms with van der Waals surface area (Å²) in [6, 6.07) is 5.93. The Hall–Kier alpha value is -2.31. The van der Waals surface area contributed by atoms with Gasteiger partial charge < -0.3 is 20.5 Å². The number of likely N-dealkylation sites (N-methyl/N-ethyl adjacent to an activating group) is 1. The maximum absolute atomic E-state index is 13.0. The number of nitrogens with one attached hydrogen (secondary N) is 3. The molecular weight excluding hydrogens is 388 g/mol. The zero-order valence-corrected chi connectivity index (χ0v) is 18.2. The van der Waals surface area contributed by atoms with Crippen molar-refractivity contribution in [3.8, 4) is 0 Å². The Kier molecular flexibility index (Phi) is 6.65. The maximum Gasteiger partial charge on any atom is 0.253 e. The van der Waals surface area contributed by atoms with Crippen LogP contribution in [0.25, 0.3) is 0 Å². The fraction of sp³-hybridized carbons (Fsp3) is 0.455. The van der Waals surface area contributed by atoms with E-state index in [4.69, 9.17) is 11.6 Å². The van der Waals surface area contributed by atoms with Crippen molar-refractivity contribution >= 4 is 23.2 Å². The minimum Gasteiger partial charge on any atom is -0.367 e. The van der Waals surface area contributed by atoms with Gasteiger partial charge in [-0.1, -0.05) is 11.6 Å². The molecule has 0 bridgehead atoms. The highest BCUT2D eigenvalue weighted by molar-refractivity contribution is 6.31. The van der Waals surface area contributed by atoms with E-state index < -0.39 is 0 Å². The third-order valence-electron chi connectivity index (χ3n) is 5.63. The highest BCUT2D eigenvalue weighted by atomic mass is 35.5. The molecular formula is C22H29ClN4O2. The summed E-state index contributed by atoms with van der Waals surface area (Å²) in [5, 5.41) is 6.82. The number of aromatic amines is 1. The van der Waals surface area contributed by atoms with E-state index in [0.717, 1.165) is 48.6 Å². The van der Waals surface area contributed by atoms with E-state index >= 15 is 0 Å². The Balaban J connectivity index is 1.86. The fourth-order valence-corrected chi connectivity index (χ4v) is 4.31. The van der Waals surface area contributed by atoms with Crippen LogP contribution < -0.4 is 21.1 Å². The number of aromatic nitrogens is 1. The summed E-state index contributed by atoms with van der Waals surface area (Å²) in [5.41, 5.74) is 4.49. The predicted molar refractivity (Wildman–Crippen MR) is 118 cm³/mol. The first kappa shape index (κ1) is 21.4. The van der Waals surface area contributed by atoms with E-state index in [0.29, 0.717) is 22.2 Å². The number of anilines is 1. The van der Waals surface area contributed by atoms with E-state index in [1.54, 1.807) is 6.07 Å². The zero-order valence-electron chi connectivity index (χ0n) is 17.5. The number of halogens is 1. The van der Waals surface area contributed by atoms with Crippen molar-refractivity contribution in [2.75, 3.05) is 24.5 Å². The van der Waals surface area contributed by atoms with Crippen LogP contribution in [0.3, 0.4) is 0 Å². The van der Waals surface area contributed by atoms with Crippen molar-refractivity contribution < 1.29 is 4.79 Å². The van der Waals surface area contributed by atoms with Crippen molar-refractivity contribution in [2.24, 2.45) is 0 Å². The summed E-state index contributed by atoms with van der Waals surface area (Å²) < 4.78 is 0. The number of aryl methyl sites for hydroxylation is 2. The number of carbonyl (C=O) groups is 1. The molecule has 1 amide bonds. The van der Waals surface area contributed by atoms with Crippen molar-refractivity contribution in [1.29, 1.82) is 0 Å². The smallest absolute Gasteiger partial charge is 0.253 e. The van der Waals surface area contributed by atoms with E-state index in [9.17, 15) is 9.59 Å². The number of rotatable bonds is 6. The molecule has 2 heterocycles. The van der Waals surface area contributed by atoms with Crippen LogP contribution >= 0.6 is 11.6 Å². The van der Waals surface area contributed by atoms with Crippen LogP contribution in [0, 0.1) is 20.8 Å². The molecule has 0 radical (unpaired) electrons. The van der Waals surface area contributed by atoms with Gasteiger partial charge >= 0.3 is 0 Å². The van der Waals surface area contributed by atoms with E-state index in [-0.39, 0.29) is 18.0 Å². The van der Waals surface area contributed by atoms with Gasteiger partial charge in [-0.05, 0) is 70.0 Å². The number of H-pyrrole nitrogens is 1. The molecule has 0 saturated carbocycles. The molecule has 0 aliphatic carbocycles. The van der Waals surface area contributed by atoms with Gasteiger partial charge in [0.05, 0.1) is 0 Å². The first-order valence-corrected chi connectivity index (χ1v) is 10.4. The summed E-state index contributed by atoms with van der Waals surface area (Å²) in [6.45, 7) is 10.7. The van der Waals surface area contributed by atoms with Crippen LogP contribution in [-0.4, -0.2) is 36.6 Å². The molecule has 29 heavy (non-hydrogen) atoms. The summed E-state index contributed by atoms with van der Waals surface area (Å²) >= 11 is 6.38. The fourth-order valence-electron chi connectivity index (χ4n) is 4.09. The molecule has 7 heteroatoms. The number of pyridine rings is 1. The molecule has 1 aliphatic rings. The lowest BCUT2D eigenvalue weighted by Gasteiger charge is -2.31. The van der Waals surface area contributed by atoms with Gasteiger partial charge in [-0.15, -0.1) is 0 Å². The van der Waals surface area contributed by atoms with Crippen LogP contribution in [-0.2, 0) is 6.54 Å². The third-order valence-corrected chi connectivity index (χ3v) is 5.85. The highest BCUT2D eigenvalue weighted by Crippen LogP contribution is 2.30. The average Bonchev–Trinajstić information content (AvgIpc) is 3.18. The molecule has 3 rings (SSSR count). The Labute approximate surface area is 176 Å². The maximum atomic E-state index is 13.0. The second kappa shape index (κ2) is 9.01. The lowest BCUT2D eigenvalue weighted by molar-refractivity contribution is 0.0950. The molecule has 1 unspecified atom stereocenters. The lowest BCUT2D eigenvalue weighted by atomic mass is 10.0. The number of hydrogen-bond acceptors (Lipinski definition) is 4. The SMILES string of the molecule is CCN(c1cc(Cl)cc(C(=O)NCc2c(C)cc(C)[nH]c2=O)c1C)C1CCNC1. The summed E-state index contributed by atoms with van der Waals surface area (Å²) in [6.07, 6.45) is 1.07. The standard InChI is InChI=1S/C22H29ClN4O2/c1-5-27(17-6-7-24-11-17)20-10-16(23)9-18(15(20)4)21(28)25-12-19-13(2)8-14(3)26-22(19)29/h8-10,17,24H,5-7,11-12H2,1-4H3,(H,25,28)(H,26,29). The second-order valence-electron chi connectivity index (χ2n) is 7.66. The van der Waals surface area contributed by atoms with Gasteiger partial charge in [-0.3, -0.25) is 9.59 Å². The Morgan fingerprint density at radius 1 is 1.28 bits per heavy atom. The van der Waals surface area contributed by atoms with Crippen molar-refractivity contribution in [2.45, 2.75) is 46.7 Å². The van der Waals surface area contributed by atoms with Gasteiger partial charge in [0.25, 0.3) is 11.5 Å². The predicted octanol–water partition coefficient (Wildman–Crippen LogP) is 3.07. The highest BCUT2D eigenvalue weighted by Gasteiger charge is 2.25. The van der Waals surface area contributed by atoms with Crippen LogP contribution in [0.5, 0.6) is 0 Å². The Morgan fingerprint density at radius 2 is 2.03 bits per heavy atom. The van der Waals surface area contributed by atoms with Gasteiger partial charge in [-0.2, -0.15) is 0 Å². The number of amides is 1. The second-order valence-corrected chi connectivity index (χ2v) is 8.09. The molecule has 1 atom stereocenters. The largest absolute Gasteiger partial charge is 0.367 e. The number of nitrogens with zero attached hydrogens (tertiary/aromatic N) is 1. The minimum absolute atomic E-state index is 0.169. The van der Waals surface area contributed by atoms with E-state index in [2.05, 4.69) is 27.4 Å². The third kappa shape index (κ3) is 4.65. The molecule has 3 N–H and O–H groups in total. The number of benzene rings is 1. The van der Waals surface area contributed by atoms with Crippen LogP contribution in [0.2, 0.25) is 5.02 Å². The van der Waals surface area contributed by atoms with Crippen molar-refractivity contribution in [3.63, 3.8) is 0 Å². The summed E-state index contributed by atoms with van der Waals surface area (Å²) in [4.78, 5) is 30.3. The topological polar surface area (TPSA) is 77.2 Å². The molecule has 1 fully saturated rings. The molecule has 156 valence electrons. The molecule has 0 spiro atoms.